The number of nitrogens with zero attached hydrogens (tertiary/aromatic N) is 1. The van der Waals surface area contributed by atoms with Crippen LogP contribution >= 0.6 is 11.3 Å². The highest BCUT2D eigenvalue weighted by Gasteiger charge is 2.17. The zero-order valence-electron chi connectivity index (χ0n) is 30.6. The molecule has 0 saturated carbocycles. The van der Waals surface area contributed by atoms with Crippen molar-refractivity contribution in [2.45, 2.75) is 0 Å². The fraction of sp³-hybridized carbons (Fsp3) is 0. The number of aromatic nitrogens is 1. The second kappa shape index (κ2) is 13.4. The third-order valence-corrected chi connectivity index (χ3v) is 12.4. The van der Waals surface area contributed by atoms with Crippen LogP contribution < -0.4 is 0 Å². The van der Waals surface area contributed by atoms with Gasteiger partial charge >= 0.3 is 0 Å². The van der Waals surface area contributed by atoms with Crippen LogP contribution in [0.2, 0.25) is 0 Å². The van der Waals surface area contributed by atoms with Crippen LogP contribution in [0.4, 0.5) is 0 Å². The molecule has 0 spiro atoms. The first kappa shape index (κ1) is 32.4. The van der Waals surface area contributed by atoms with E-state index in [1.165, 1.54) is 97.6 Å². The number of rotatable bonds is 6. The molecule has 0 aliphatic heterocycles. The lowest BCUT2D eigenvalue weighted by Crippen LogP contribution is -1.94. The third kappa shape index (κ3) is 5.54. The van der Waals surface area contributed by atoms with Gasteiger partial charge in [-0.05, 0) is 110 Å². The number of para-hydroxylation sites is 1. The van der Waals surface area contributed by atoms with E-state index in [0.29, 0.717) is 0 Å². The molecule has 11 aromatic rings. The molecule has 0 amide bonds. The number of hydrogen-bond acceptors (Lipinski definition) is 1. The van der Waals surface area contributed by atoms with E-state index in [0.717, 1.165) is 5.69 Å². The van der Waals surface area contributed by atoms with Crippen LogP contribution in [-0.4, -0.2) is 4.57 Å². The van der Waals surface area contributed by atoms with Crippen LogP contribution in [0.15, 0.2) is 212 Å². The smallest absolute Gasteiger partial charge is 0.0547 e. The van der Waals surface area contributed by atoms with E-state index in [9.17, 15) is 0 Å². The van der Waals surface area contributed by atoms with Gasteiger partial charge in [-0.3, -0.25) is 0 Å². The van der Waals surface area contributed by atoms with Gasteiger partial charge in [-0.2, -0.15) is 0 Å². The van der Waals surface area contributed by atoms with Crippen molar-refractivity contribution < 1.29 is 0 Å². The van der Waals surface area contributed by atoms with Crippen molar-refractivity contribution in [1.82, 2.24) is 4.57 Å². The Morgan fingerprint density at radius 1 is 0.286 bits per heavy atom. The Hall–Kier alpha value is -7.00. The Morgan fingerprint density at radius 3 is 1.57 bits per heavy atom. The fourth-order valence-electron chi connectivity index (χ4n) is 8.48. The summed E-state index contributed by atoms with van der Waals surface area (Å²) < 4.78 is 5.08. The predicted octanol–water partition coefficient (Wildman–Crippen LogP) is 15.5. The summed E-state index contributed by atoms with van der Waals surface area (Å²) in [6.45, 7) is 0. The highest BCUT2D eigenvalue weighted by Crippen LogP contribution is 2.43. The molecule has 0 unspecified atom stereocenters. The molecule has 2 aromatic heterocycles. The molecule has 262 valence electrons. The maximum Gasteiger partial charge on any atom is 0.0547 e. The molecular weight excluding hydrogens is 695 g/mol. The molecule has 0 aliphatic carbocycles. The second-order valence-electron chi connectivity index (χ2n) is 14.5. The molecule has 0 aliphatic rings. The van der Waals surface area contributed by atoms with Gasteiger partial charge < -0.3 is 4.57 Å². The van der Waals surface area contributed by atoms with Gasteiger partial charge in [0.25, 0.3) is 0 Å². The quantitative estimate of drug-likeness (QED) is 0.161. The molecular formula is C54H35NS. The molecule has 1 nitrogen and oxygen atoms in total. The molecule has 9 aromatic carbocycles. The summed E-state index contributed by atoms with van der Waals surface area (Å²) in [6.07, 6.45) is 0. The number of benzene rings is 9. The molecule has 0 bridgehead atoms. The highest BCUT2D eigenvalue weighted by atomic mass is 32.1. The number of hydrogen-bond donors (Lipinski definition) is 0. The first-order chi connectivity index (χ1) is 27.7. The van der Waals surface area contributed by atoms with Crippen LogP contribution in [0.3, 0.4) is 0 Å². The summed E-state index contributed by atoms with van der Waals surface area (Å²) in [5, 5.41) is 5.12. The second-order valence-corrected chi connectivity index (χ2v) is 15.6. The van der Waals surface area contributed by atoms with Gasteiger partial charge in [-0.25, -0.2) is 0 Å². The van der Waals surface area contributed by atoms with Crippen LogP contribution in [0.25, 0.3) is 103 Å². The van der Waals surface area contributed by atoms with E-state index in [1.54, 1.807) is 0 Å². The summed E-state index contributed by atoms with van der Waals surface area (Å²) in [5.41, 5.74) is 15.7. The summed E-state index contributed by atoms with van der Waals surface area (Å²) in [6, 6.07) is 77.8. The highest BCUT2D eigenvalue weighted by molar-refractivity contribution is 7.26. The topological polar surface area (TPSA) is 4.93 Å². The lowest BCUT2D eigenvalue weighted by atomic mass is 9.91. The van der Waals surface area contributed by atoms with E-state index < -0.39 is 0 Å². The van der Waals surface area contributed by atoms with Crippen LogP contribution in [0, 0.1) is 0 Å². The zero-order chi connectivity index (χ0) is 37.0. The van der Waals surface area contributed by atoms with E-state index in [2.05, 4.69) is 217 Å². The standard InChI is InChI=1S/C54H35NS/c1-3-14-36(15-4-1)38-18-11-19-39(30-38)42-31-43(33-44(32-42)46-24-13-25-50-49-23-8-10-27-53(49)56-54(46)50)41-28-29-48-47-22-7-9-26-51(47)55(52(48)35-41)45-21-12-20-40(34-45)37-16-5-2-6-17-37/h1-35H. The average molecular weight is 730 g/mol. The molecule has 0 saturated heterocycles. The maximum absolute atomic E-state index is 2.44. The Balaban J connectivity index is 1.14. The molecule has 0 N–H and O–H groups in total. The Labute approximate surface area is 330 Å². The van der Waals surface area contributed by atoms with Gasteiger partial charge in [0.1, 0.15) is 0 Å². The van der Waals surface area contributed by atoms with Crippen molar-refractivity contribution in [3.05, 3.63) is 212 Å². The minimum Gasteiger partial charge on any atom is -0.309 e. The van der Waals surface area contributed by atoms with Crippen LogP contribution in [-0.2, 0) is 0 Å². The van der Waals surface area contributed by atoms with Crippen molar-refractivity contribution in [1.29, 1.82) is 0 Å². The molecule has 0 fully saturated rings. The van der Waals surface area contributed by atoms with Crippen molar-refractivity contribution in [2.75, 3.05) is 0 Å². The minimum absolute atomic E-state index is 1.15. The SMILES string of the molecule is c1ccc(-c2cccc(-c3cc(-c4ccc5c6ccccc6n(-c6cccc(-c7ccccc7)c6)c5c4)cc(-c4cccc5c4sc4ccccc45)c3)c2)cc1. The lowest BCUT2D eigenvalue weighted by molar-refractivity contribution is 1.18. The first-order valence-corrected chi connectivity index (χ1v) is 20.0. The van der Waals surface area contributed by atoms with E-state index in [4.69, 9.17) is 0 Å². The summed E-state index contributed by atoms with van der Waals surface area (Å²) in [7, 11) is 0. The van der Waals surface area contributed by atoms with E-state index in [1.807, 2.05) is 11.3 Å². The molecule has 2 heterocycles. The molecule has 56 heavy (non-hydrogen) atoms. The first-order valence-electron chi connectivity index (χ1n) is 19.2. The van der Waals surface area contributed by atoms with Crippen molar-refractivity contribution in [2.24, 2.45) is 0 Å². The van der Waals surface area contributed by atoms with Crippen molar-refractivity contribution >= 4 is 53.3 Å². The third-order valence-electron chi connectivity index (χ3n) is 11.2. The minimum atomic E-state index is 1.15. The Morgan fingerprint density at radius 2 is 0.804 bits per heavy atom. The van der Waals surface area contributed by atoms with Gasteiger partial charge in [0.15, 0.2) is 0 Å². The van der Waals surface area contributed by atoms with Gasteiger partial charge in [0, 0.05) is 36.6 Å². The zero-order valence-corrected chi connectivity index (χ0v) is 31.4. The van der Waals surface area contributed by atoms with Crippen LogP contribution in [0.5, 0.6) is 0 Å². The van der Waals surface area contributed by atoms with Crippen molar-refractivity contribution in [3.63, 3.8) is 0 Å². The molecule has 2 heteroatoms. The van der Waals surface area contributed by atoms with E-state index >= 15 is 0 Å². The van der Waals surface area contributed by atoms with Gasteiger partial charge in [-0.15, -0.1) is 11.3 Å². The molecule has 0 radical (unpaired) electrons. The number of fused-ring (bicyclic) bond motifs is 6. The van der Waals surface area contributed by atoms with Crippen LogP contribution in [0.1, 0.15) is 0 Å². The normalized spacial score (nSPS) is 11.6. The predicted molar refractivity (Wildman–Crippen MR) is 241 cm³/mol. The van der Waals surface area contributed by atoms with Gasteiger partial charge in [0.2, 0.25) is 0 Å². The number of thiophene rings is 1. The Bertz CT molecular complexity index is 3240. The van der Waals surface area contributed by atoms with E-state index in [-0.39, 0.29) is 0 Å². The lowest BCUT2D eigenvalue weighted by Gasteiger charge is -2.14. The fourth-order valence-corrected chi connectivity index (χ4v) is 9.72. The molecule has 0 atom stereocenters. The summed E-state index contributed by atoms with van der Waals surface area (Å²) in [5.74, 6) is 0. The monoisotopic (exact) mass is 729 g/mol. The van der Waals surface area contributed by atoms with Gasteiger partial charge in [-0.1, -0.05) is 158 Å². The van der Waals surface area contributed by atoms with Crippen molar-refractivity contribution in [3.8, 4) is 61.3 Å². The maximum atomic E-state index is 2.44. The summed E-state index contributed by atoms with van der Waals surface area (Å²) >= 11 is 1.89. The average Bonchev–Trinajstić information content (AvgIpc) is 3.83. The summed E-state index contributed by atoms with van der Waals surface area (Å²) in [4.78, 5) is 0. The van der Waals surface area contributed by atoms with Gasteiger partial charge in [0.05, 0.1) is 11.0 Å². The Kier molecular flexibility index (Phi) is 7.75. The largest absolute Gasteiger partial charge is 0.309 e. The molecule has 11 rings (SSSR count).